The molecule has 116 valence electrons. The number of carboxylic acids is 1. The maximum atomic E-state index is 12.8. The van der Waals surface area contributed by atoms with Crippen LogP contribution in [0.5, 0.6) is 0 Å². The summed E-state index contributed by atoms with van der Waals surface area (Å²) in [4.78, 5) is 12.3. The van der Waals surface area contributed by atoms with E-state index in [2.05, 4.69) is 5.32 Å². The average Bonchev–Trinajstić information content (AvgIpc) is 2.49. The van der Waals surface area contributed by atoms with Crippen LogP contribution in [0.1, 0.15) is 25.7 Å². The molecule has 2 rings (SSSR count). The van der Waals surface area contributed by atoms with Crippen LogP contribution in [-0.4, -0.2) is 29.9 Å². The minimum Gasteiger partial charge on any atom is -0.481 e. The van der Waals surface area contributed by atoms with E-state index in [9.17, 15) is 14.3 Å². The van der Waals surface area contributed by atoms with Crippen molar-refractivity contribution in [3.05, 3.63) is 30.1 Å². The largest absolute Gasteiger partial charge is 0.481 e. The third-order valence-electron chi connectivity index (χ3n) is 3.99. The van der Waals surface area contributed by atoms with Gasteiger partial charge in [-0.05, 0) is 49.6 Å². The molecule has 2 unspecified atom stereocenters. The molecule has 5 heteroatoms. The smallest absolute Gasteiger partial charge is 0.306 e. The van der Waals surface area contributed by atoms with Gasteiger partial charge in [-0.3, -0.25) is 4.79 Å². The summed E-state index contributed by atoms with van der Waals surface area (Å²) in [5.41, 5.74) is 0. The zero-order valence-corrected chi connectivity index (χ0v) is 12.9. The molecule has 2 N–H and O–H groups in total. The number of carboxylic acid groups (broad SMARTS) is 1. The summed E-state index contributed by atoms with van der Waals surface area (Å²) in [5, 5.41) is 12.6. The molecule has 1 aromatic carbocycles. The van der Waals surface area contributed by atoms with Gasteiger partial charge in [-0.25, -0.2) is 4.39 Å². The van der Waals surface area contributed by atoms with Gasteiger partial charge in [0.15, 0.2) is 0 Å². The second kappa shape index (κ2) is 8.39. The van der Waals surface area contributed by atoms with Crippen molar-refractivity contribution >= 4 is 17.7 Å². The quantitative estimate of drug-likeness (QED) is 0.598. The van der Waals surface area contributed by atoms with E-state index in [0.717, 1.165) is 49.4 Å². The maximum absolute atomic E-state index is 12.8. The van der Waals surface area contributed by atoms with Crippen molar-refractivity contribution < 1.29 is 14.3 Å². The number of rotatable bonds is 7. The average molecular weight is 311 g/mol. The Morgan fingerprint density at radius 1 is 1.29 bits per heavy atom. The molecule has 0 heterocycles. The number of hydrogen-bond donors (Lipinski definition) is 2. The first kappa shape index (κ1) is 16.3. The van der Waals surface area contributed by atoms with E-state index in [1.165, 1.54) is 12.1 Å². The molecule has 1 fully saturated rings. The summed E-state index contributed by atoms with van der Waals surface area (Å²) in [6, 6.07) is 6.49. The molecule has 2 atom stereocenters. The molecule has 3 nitrogen and oxygen atoms in total. The molecule has 21 heavy (non-hydrogen) atoms. The van der Waals surface area contributed by atoms with Crippen molar-refractivity contribution in [2.45, 2.75) is 30.6 Å². The second-order valence-electron chi connectivity index (χ2n) is 5.50. The third kappa shape index (κ3) is 5.32. The number of aliphatic carboxylic acids is 1. The lowest BCUT2D eigenvalue weighted by molar-refractivity contribution is -0.144. The van der Waals surface area contributed by atoms with Crippen LogP contribution in [0.25, 0.3) is 0 Å². The number of thioether (sulfide) groups is 1. The fraction of sp³-hybridized carbons (Fsp3) is 0.562. The Morgan fingerprint density at radius 3 is 2.71 bits per heavy atom. The number of benzene rings is 1. The van der Waals surface area contributed by atoms with Gasteiger partial charge in [0.1, 0.15) is 5.82 Å². The standard InChI is InChI=1S/C16H22FNO2S/c17-13-5-7-14(8-6-13)21-10-9-18-11-12-3-1-2-4-15(12)16(19)20/h5-8,12,15,18H,1-4,9-11H2,(H,19,20). The summed E-state index contributed by atoms with van der Waals surface area (Å²) in [6.07, 6.45) is 4.00. The first-order valence-electron chi connectivity index (χ1n) is 7.48. The molecule has 0 saturated heterocycles. The lowest BCUT2D eigenvalue weighted by Crippen LogP contribution is -2.35. The van der Waals surface area contributed by atoms with Crippen molar-refractivity contribution in [1.82, 2.24) is 5.32 Å². The lowest BCUT2D eigenvalue weighted by Gasteiger charge is -2.28. The summed E-state index contributed by atoms with van der Waals surface area (Å²) in [7, 11) is 0. The molecule has 0 aliphatic heterocycles. The van der Waals surface area contributed by atoms with Crippen LogP contribution in [0.3, 0.4) is 0 Å². The number of halogens is 1. The van der Waals surface area contributed by atoms with Gasteiger partial charge in [0.25, 0.3) is 0 Å². The monoisotopic (exact) mass is 311 g/mol. The highest BCUT2D eigenvalue weighted by molar-refractivity contribution is 7.99. The fourth-order valence-electron chi connectivity index (χ4n) is 2.84. The van der Waals surface area contributed by atoms with Gasteiger partial charge in [-0.2, -0.15) is 0 Å². The lowest BCUT2D eigenvalue weighted by atomic mass is 9.79. The van der Waals surface area contributed by atoms with Crippen LogP contribution in [0.15, 0.2) is 29.2 Å². The minimum absolute atomic E-state index is 0.184. The summed E-state index contributed by atoms with van der Waals surface area (Å²) < 4.78 is 12.8. The highest BCUT2D eigenvalue weighted by atomic mass is 32.2. The highest BCUT2D eigenvalue weighted by Gasteiger charge is 2.30. The van der Waals surface area contributed by atoms with Crippen LogP contribution in [0.2, 0.25) is 0 Å². The maximum Gasteiger partial charge on any atom is 0.306 e. The Balaban J connectivity index is 1.64. The van der Waals surface area contributed by atoms with Crippen molar-refractivity contribution in [1.29, 1.82) is 0 Å². The van der Waals surface area contributed by atoms with Gasteiger partial charge >= 0.3 is 5.97 Å². The molecule has 1 saturated carbocycles. The zero-order valence-electron chi connectivity index (χ0n) is 12.1. The number of carbonyl (C=O) groups is 1. The number of nitrogens with one attached hydrogen (secondary N) is 1. The van der Waals surface area contributed by atoms with Crippen LogP contribution in [0.4, 0.5) is 4.39 Å². The molecule has 1 aliphatic rings. The molecular weight excluding hydrogens is 289 g/mol. The Morgan fingerprint density at radius 2 is 2.00 bits per heavy atom. The third-order valence-corrected chi connectivity index (χ3v) is 5.01. The molecule has 0 bridgehead atoms. The molecule has 1 aliphatic carbocycles. The predicted octanol–water partition coefficient (Wildman–Crippen LogP) is 3.40. The minimum atomic E-state index is -0.651. The van der Waals surface area contributed by atoms with E-state index in [4.69, 9.17) is 0 Å². The summed E-state index contributed by atoms with van der Waals surface area (Å²) in [5.74, 6) is 0.107. The Kier molecular flexibility index (Phi) is 6.51. The Hall–Kier alpha value is -1.07. The SMILES string of the molecule is O=C(O)C1CCCCC1CNCCSc1ccc(F)cc1. The number of hydrogen-bond acceptors (Lipinski definition) is 3. The Bertz CT molecular complexity index is 452. The van der Waals surface area contributed by atoms with E-state index < -0.39 is 5.97 Å². The van der Waals surface area contributed by atoms with E-state index in [1.807, 2.05) is 0 Å². The van der Waals surface area contributed by atoms with Gasteiger partial charge < -0.3 is 10.4 Å². The normalized spacial score (nSPS) is 22.1. The summed E-state index contributed by atoms with van der Waals surface area (Å²) in [6.45, 7) is 1.62. The van der Waals surface area contributed by atoms with Gasteiger partial charge in [0.05, 0.1) is 5.92 Å². The molecule has 1 aromatic rings. The first-order valence-corrected chi connectivity index (χ1v) is 8.47. The fourth-order valence-corrected chi connectivity index (χ4v) is 3.65. The summed E-state index contributed by atoms with van der Waals surface area (Å²) >= 11 is 1.68. The van der Waals surface area contributed by atoms with Crippen LogP contribution >= 0.6 is 11.8 Å². The molecular formula is C16H22FNO2S. The van der Waals surface area contributed by atoms with Gasteiger partial charge in [0, 0.05) is 17.2 Å². The highest BCUT2D eigenvalue weighted by Crippen LogP contribution is 2.29. The van der Waals surface area contributed by atoms with E-state index in [1.54, 1.807) is 23.9 Å². The van der Waals surface area contributed by atoms with E-state index >= 15 is 0 Å². The van der Waals surface area contributed by atoms with E-state index in [-0.39, 0.29) is 17.7 Å². The molecule has 0 amide bonds. The van der Waals surface area contributed by atoms with Crippen molar-refractivity contribution in [3.63, 3.8) is 0 Å². The molecule has 0 radical (unpaired) electrons. The topological polar surface area (TPSA) is 49.3 Å². The van der Waals surface area contributed by atoms with Gasteiger partial charge in [0.2, 0.25) is 0 Å². The van der Waals surface area contributed by atoms with Crippen molar-refractivity contribution in [2.24, 2.45) is 11.8 Å². The van der Waals surface area contributed by atoms with Crippen molar-refractivity contribution in [2.75, 3.05) is 18.8 Å². The molecule has 0 aromatic heterocycles. The van der Waals surface area contributed by atoms with Crippen LogP contribution < -0.4 is 5.32 Å². The second-order valence-corrected chi connectivity index (χ2v) is 6.66. The Labute approximate surface area is 129 Å². The zero-order chi connectivity index (χ0) is 15.1. The predicted molar refractivity (Wildman–Crippen MR) is 83.1 cm³/mol. The van der Waals surface area contributed by atoms with Crippen LogP contribution in [0, 0.1) is 17.7 Å². The van der Waals surface area contributed by atoms with Crippen LogP contribution in [-0.2, 0) is 4.79 Å². The van der Waals surface area contributed by atoms with Crippen molar-refractivity contribution in [3.8, 4) is 0 Å². The molecule has 0 spiro atoms. The van der Waals surface area contributed by atoms with Gasteiger partial charge in [-0.1, -0.05) is 12.8 Å². The first-order chi connectivity index (χ1) is 10.2. The van der Waals surface area contributed by atoms with Gasteiger partial charge in [-0.15, -0.1) is 11.8 Å². The van der Waals surface area contributed by atoms with E-state index in [0.29, 0.717) is 0 Å².